The van der Waals surface area contributed by atoms with E-state index in [2.05, 4.69) is 21.4 Å². The summed E-state index contributed by atoms with van der Waals surface area (Å²) >= 11 is 6.12. The fraction of sp³-hybridized carbons (Fsp3) is 0.429. The number of anilines is 1. The molecule has 1 aliphatic heterocycles. The molecule has 0 saturated heterocycles. The first-order valence-electron chi connectivity index (χ1n) is 9.74. The van der Waals surface area contributed by atoms with Crippen LogP contribution in [-0.4, -0.2) is 39.9 Å². The van der Waals surface area contributed by atoms with Crippen molar-refractivity contribution in [3.05, 3.63) is 51.3 Å². The van der Waals surface area contributed by atoms with E-state index in [1.807, 2.05) is 11.0 Å². The SMILES string of the molecule is N#Cc1cc(Cl)cc2c1CC(Nc1ncc3c(n1)CCN(CC1CC1)C3=O)C2. The molecule has 0 spiro atoms. The van der Waals surface area contributed by atoms with Crippen LogP contribution in [0.1, 0.15) is 45.6 Å². The maximum atomic E-state index is 12.7. The standard InChI is InChI=1S/C21H20ClN5O/c22-15-5-13-7-16(8-17(13)14(6-15)9-23)25-21-24-10-18-19(26-21)3-4-27(20(18)28)11-12-1-2-12/h5-6,10,12,16H,1-4,7-8,11H2,(H,24,25,26). The Bertz CT molecular complexity index is 1010. The highest BCUT2D eigenvalue weighted by atomic mass is 35.5. The summed E-state index contributed by atoms with van der Waals surface area (Å²) in [7, 11) is 0. The van der Waals surface area contributed by atoms with Gasteiger partial charge in [0.2, 0.25) is 5.95 Å². The number of hydrogen-bond acceptors (Lipinski definition) is 5. The summed E-state index contributed by atoms with van der Waals surface area (Å²) in [5.74, 6) is 1.29. The Morgan fingerprint density at radius 1 is 1.32 bits per heavy atom. The van der Waals surface area contributed by atoms with Crippen LogP contribution in [0.15, 0.2) is 18.3 Å². The lowest BCUT2D eigenvalue weighted by Crippen LogP contribution is -2.39. The Hall–Kier alpha value is -2.65. The zero-order valence-corrected chi connectivity index (χ0v) is 16.2. The molecule has 1 N–H and O–H groups in total. The number of benzene rings is 1. The largest absolute Gasteiger partial charge is 0.351 e. The number of nitrogens with one attached hydrogen (secondary N) is 1. The van der Waals surface area contributed by atoms with Crippen molar-refractivity contribution in [2.75, 3.05) is 18.4 Å². The molecule has 1 amide bonds. The number of rotatable bonds is 4. The van der Waals surface area contributed by atoms with E-state index in [0.717, 1.165) is 49.2 Å². The van der Waals surface area contributed by atoms with Crippen LogP contribution in [0, 0.1) is 17.2 Å². The topological polar surface area (TPSA) is 81.9 Å². The fourth-order valence-corrected chi connectivity index (χ4v) is 4.48. The highest BCUT2D eigenvalue weighted by molar-refractivity contribution is 6.30. The van der Waals surface area contributed by atoms with Crippen molar-refractivity contribution in [1.82, 2.24) is 14.9 Å². The molecule has 2 heterocycles. The molecule has 3 aliphatic rings. The number of fused-ring (bicyclic) bond motifs is 2. The maximum absolute atomic E-state index is 12.7. The second-order valence-electron chi connectivity index (χ2n) is 7.95. The van der Waals surface area contributed by atoms with Gasteiger partial charge in [0.25, 0.3) is 5.91 Å². The van der Waals surface area contributed by atoms with E-state index < -0.39 is 0 Å². The number of hydrogen-bond donors (Lipinski definition) is 1. The van der Waals surface area contributed by atoms with Gasteiger partial charge in [0, 0.05) is 36.8 Å². The van der Waals surface area contributed by atoms with Gasteiger partial charge in [-0.3, -0.25) is 4.79 Å². The van der Waals surface area contributed by atoms with Gasteiger partial charge in [-0.1, -0.05) is 11.6 Å². The second-order valence-corrected chi connectivity index (χ2v) is 8.39. The summed E-state index contributed by atoms with van der Waals surface area (Å²) in [6, 6.07) is 6.00. The molecule has 1 fully saturated rings. The molecule has 1 aromatic heterocycles. The molecule has 6 nitrogen and oxygen atoms in total. The van der Waals surface area contributed by atoms with Crippen LogP contribution in [0.25, 0.3) is 0 Å². The first-order chi connectivity index (χ1) is 13.6. The molecule has 2 aliphatic carbocycles. The van der Waals surface area contributed by atoms with Crippen molar-refractivity contribution in [3.8, 4) is 6.07 Å². The molecule has 1 atom stereocenters. The lowest BCUT2D eigenvalue weighted by molar-refractivity contribution is 0.0729. The molecule has 7 heteroatoms. The van der Waals surface area contributed by atoms with Crippen LogP contribution >= 0.6 is 11.6 Å². The van der Waals surface area contributed by atoms with Crippen LogP contribution in [0.2, 0.25) is 5.02 Å². The Balaban J connectivity index is 1.31. The number of carbonyl (C=O) groups is 1. The van der Waals surface area contributed by atoms with Crippen LogP contribution < -0.4 is 5.32 Å². The zero-order chi connectivity index (χ0) is 19.3. The second kappa shape index (κ2) is 6.75. The number of nitrogens with zero attached hydrogens (tertiary/aromatic N) is 4. The normalized spacial score (nSPS) is 20.5. The van der Waals surface area contributed by atoms with Crippen LogP contribution in [0.3, 0.4) is 0 Å². The molecular weight excluding hydrogens is 374 g/mol. The van der Waals surface area contributed by atoms with Crippen LogP contribution in [0.5, 0.6) is 0 Å². The van der Waals surface area contributed by atoms with Crippen molar-refractivity contribution in [2.24, 2.45) is 5.92 Å². The van der Waals surface area contributed by atoms with E-state index in [4.69, 9.17) is 11.6 Å². The highest BCUT2D eigenvalue weighted by Crippen LogP contribution is 2.32. The smallest absolute Gasteiger partial charge is 0.257 e. The molecule has 142 valence electrons. The minimum absolute atomic E-state index is 0.0567. The number of carbonyl (C=O) groups excluding carboxylic acids is 1. The quantitative estimate of drug-likeness (QED) is 0.863. The Kier molecular flexibility index (Phi) is 4.21. The number of halogens is 1. The Morgan fingerprint density at radius 3 is 2.96 bits per heavy atom. The van der Waals surface area contributed by atoms with E-state index >= 15 is 0 Å². The molecule has 28 heavy (non-hydrogen) atoms. The fourth-order valence-electron chi connectivity index (χ4n) is 4.24. The van der Waals surface area contributed by atoms with E-state index in [9.17, 15) is 10.1 Å². The van der Waals surface area contributed by atoms with Gasteiger partial charge in [0.15, 0.2) is 0 Å². The number of aromatic nitrogens is 2. The van der Waals surface area contributed by atoms with E-state index in [-0.39, 0.29) is 11.9 Å². The van der Waals surface area contributed by atoms with Gasteiger partial charge >= 0.3 is 0 Å². The molecular formula is C21H20ClN5O. The maximum Gasteiger partial charge on any atom is 0.257 e. The van der Waals surface area contributed by atoms with Gasteiger partial charge in [-0.15, -0.1) is 0 Å². The Morgan fingerprint density at radius 2 is 2.18 bits per heavy atom. The van der Waals surface area contributed by atoms with Gasteiger partial charge in [-0.05, 0) is 54.9 Å². The average Bonchev–Trinajstić information content (AvgIpc) is 3.41. The average molecular weight is 394 g/mol. The van der Waals surface area contributed by atoms with Crippen molar-refractivity contribution < 1.29 is 4.79 Å². The molecule has 1 saturated carbocycles. The third-order valence-corrected chi connectivity index (χ3v) is 6.08. The third-order valence-electron chi connectivity index (χ3n) is 5.86. The van der Waals surface area contributed by atoms with Crippen LogP contribution in [0.4, 0.5) is 5.95 Å². The van der Waals surface area contributed by atoms with Gasteiger partial charge in [0.05, 0.1) is 22.9 Å². The van der Waals surface area contributed by atoms with Crippen molar-refractivity contribution in [1.29, 1.82) is 5.26 Å². The molecule has 2 aromatic rings. The summed E-state index contributed by atoms with van der Waals surface area (Å²) in [6.45, 7) is 1.60. The molecule has 1 aromatic carbocycles. The summed E-state index contributed by atoms with van der Waals surface area (Å²) in [4.78, 5) is 23.6. The van der Waals surface area contributed by atoms with Gasteiger partial charge in [-0.25, -0.2) is 9.97 Å². The lowest BCUT2D eigenvalue weighted by atomic mass is 10.0. The van der Waals surface area contributed by atoms with E-state index in [0.29, 0.717) is 28.0 Å². The molecule has 5 rings (SSSR count). The predicted molar refractivity (Wildman–Crippen MR) is 105 cm³/mol. The molecule has 0 bridgehead atoms. The molecule has 0 radical (unpaired) electrons. The summed E-state index contributed by atoms with van der Waals surface area (Å²) < 4.78 is 0. The summed E-state index contributed by atoms with van der Waals surface area (Å²) in [5.41, 5.74) is 4.25. The van der Waals surface area contributed by atoms with Crippen molar-refractivity contribution in [2.45, 2.75) is 38.1 Å². The minimum Gasteiger partial charge on any atom is -0.351 e. The summed E-state index contributed by atoms with van der Waals surface area (Å²) in [5, 5.41) is 13.3. The van der Waals surface area contributed by atoms with E-state index in [1.165, 1.54) is 12.8 Å². The molecule has 1 unspecified atom stereocenters. The predicted octanol–water partition coefficient (Wildman–Crippen LogP) is 2.99. The number of nitriles is 1. The number of amides is 1. The highest BCUT2D eigenvalue weighted by Gasteiger charge is 2.32. The van der Waals surface area contributed by atoms with Gasteiger partial charge in [-0.2, -0.15) is 5.26 Å². The summed E-state index contributed by atoms with van der Waals surface area (Å²) in [6.07, 6.45) is 6.41. The van der Waals surface area contributed by atoms with E-state index in [1.54, 1.807) is 12.3 Å². The zero-order valence-electron chi connectivity index (χ0n) is 15.4. The van der Waals surface area contributed by atoms with Crippen LogP contribution in [-0.2, 0) is 19.3 Å². The van der Waals surface area contributed by atoms with Crippen molar-refractivity contribution >= 4 is 23.5 Å². The monoisotopic (exact) mass is 393 g/mol. The third kappa shape index (κ3) is 3.20. The first-order valence-corrected chi connectivity index (χ1v) is 10.1. The van der Waals surface area contributed by atoms with Crippen molar-refractivity contribution in [3.63, 3.8) is 0 Å². The Labute approximate surface area is 168 Å². The van der Waals surface area contributed by atoms with Gasteiger partial charge < -0.3 is 10.2 Å². The lowest BCUT2D eigenvalue weighted by Gasteiger charge is -2.28. The first kappa shape index (κ1) is 17.4. The van der Waals surface area contributed by atoms with Gasteiger partial charge in [0.1, 0.15) is 0 Å². The minimum atomic E-state index is 0.0567.